The van der Waals surface area contributed by atoms with Crippen LogP contribution >= 0.6 is 0 Å². The van der Waals surface area contributed by atoms with Crippen molar-refractivity contribution in [1.29, 1.82) is 0 Å². The first-order valence-corrected chi connectivity index (χ1v) is 11.5. The molecule has 1 fully saturated rings. The highest BCUT2D eigenvalue weighted by Gasteiger charge is 2.34. The largest absolute Gasteiger partial charge is 0.491 e. The van der Waals surface area contributed by atoms with E-state index in [1.165, 1.54) is 12.1 Å². The number of para-hydroxylation sites is 1. The molecule has 0 spiro atoms. The minimum absolute atomic E-state index is 0.103. The molecule has 1 N–H and O–H groups in total. The average molecular weight is 460 g/mol. The smallest absolute Gasteiger partial charge is 0.322 e. The van der Waals surface area contributed by atoms with Gasteiger partial charge in [0.05, 0.1) is 19.6 Å². The van der Waals surface area contributed by atoms with Gasteiger partial charge in [-0.25, -0.2) is 9.18 Å². The number of nitrogens with zero attached hydrogens (tertiary/aromatic N) is 2. The monoisotopic (exact) mass is 459 g/mol. The molecular weight excluding hydrogens is 433 g/mol. The van der Waals surface area contributed by atoms with Gasteiger partial charge in [-0.3, -0.25) is 4.79 Å². The van der Waals surface area contributed by atoms with E-state index in [1.807, 2.05) is 53.4 Å². The number of hydrogen-bond donors (Lipinski definition) is 1. The minimum Gasteiger partial charge on any atom is -0.491 e. The number of carbonyl (C=O) groups excluding carboxylic acids is 2. The van der Waals surface area contributed by atoms with E-state index >= 15 is 0 Å². The molecule has 1 aliphatic carbocycles. The van der Waals surface area contributed by atoms with Crippen LogP contribution in [0.5, 0.6) is 5.75 Å². The van der Waals surface area contributed by atoms with Gasteiger partial charge in [-0.1, -0.05) is 30.3 Å². The number of fused-ring (bicyclic) bond motifs is 1. The maximum absolute atomic E-state index is 13.5. The molecule has 2 aliphatic rings. The summed E-state index contributed by atoms with van der Waals surface area (Å²) < 4.78 is 19.4. The van der Waals surface area contributed by atoms with Crippen molar-refractivity contribution in [2.45, 2.75) is 25.9 Å². The van der Waals surface area contributed by atoms with E-state index in [0.29, 0.717) is 31.9 Å². The summed E-state index contributed by atoms with van der Waals surface area (Å²) in [7, 11) is 0. The normalized spacial score (nSPS) is 15.0. The molecule has 34 heavy (non-hydrogen) atoms. The lowest BCUT2D eigenvalue weighted by Crippen LogP contribution is -2.36. The summed E-state index contributed by atoms with van der Waals surface area (Å²) in [6.45, 7) is 1.56. The minimum atomic E-state index is -0.407. The summed E-state index contributed by atoms with van der Waals surface area (Å²) >= 11 is 0. The second kappa shape index (κ2) is 9.55. The highest BCUT2D eigenvalue weighted by molar-refractivity contribution is 5.96. The zero-order valence-electron chi connectivity index (χ0n) is 18.7. The second-order valence-corrected chi connectivity index (χ2v) is 8.69. The molecular formula is C27H26FN3O3. The summed E-state index contributed by atoms with van der Waals surface area (Å²) in [6, 6.07) is 21.1. The first-order valence-electron chi connectivity index (χ1n) is 11.5. The van der Waals surface area contributed by atoms with E-state index in [2.05, 4.69) is 5.32 Å². The van der Waals surface area contributed by atoms with Gasteiger partial charge in [0.2, 0.25) is 5.91 Å². The Kier molecular flexibility index (Phi) is 6.16. The molecule has 3 aromatic carbocycles. The van der Waals surface area contributed by atoms with Crippen molar-refractivity contribution in [3.63, 3.8) is 0 Å². The molecule has 0 atom stereocenters. The van der Waals surface area contributed by atoms with Gasteiger partial charge in [0.1, 0.15) is 18.2 Å². The molecule has 6 nitrogen and oxygen atoms in total. The molecule has 5 rings (SSSR count). The first-order chi connectivity index (χ1) is 16.6. The van der Waals surface area contributed by atoms with E-state index in [1.54, 1.807) is 17.0 Å². The Balaban J connectivity index is 1.34. The molecule has 3 aromatic rings. The van der Waals surface area contributed by atoms with Gasteiger partial charge in [0, 0.05) is 22.9 Å². The van der Waals surface area contributed by atoms with Gasteiger partial charge in [0.15, 0.2) is 0 Å². The fraction of sp³-hybridized carbons (Fsp3) is 0.259. The molecule has 0 unspecified atom stereocenters. The SMILES string of the molecule is O=C(Nc1cccc(F)c1)N1CCOc2ccc(CN(C(=O)C3CC3)c3ccccc3)cc2C1. The predicted molar refractivity (Wildman–Crippen MR) is 128 cm³/mol. The molecule has 174 valence electrons. The van der Waals surface area contributed by atoms with Gasteiger partial charge < -0.3 is 19.9 Å². The number of rotatable bonds is 5. The third-order valence-electron chi connectivity index (χ3n) is 6.07. The predicted octanol–water partition coefficient (Wildman–Crippen LogP) is 5.20. The van der Waals surface area contributed by atoms with Crippen molar-refractivity contribution >= 4 is 23.3 Å². The summed E-state index contributed by atoms with van der Waals surface area (Å²) in [6.07, 6.45) is 1.88. The van der Waals surface area contributed by atoms with Crippen LogP contribution in [0.1, 0.15) is 24.0 Å². The van der Waals surface area contributed by atoms with Gasteiger partial charge in [-0.05, 0) is 60.9 Å². The zero-order chi connectivity index (χ0) is 23.5. The number of ether oxygens (including phenoxy) is 1. The van der Waals surface area contributed by atoms with Gasteiger partial charge in [-0.15, -0.1) is 0 Å². The highest BCUT2D eigenvalue weighted by Crippen LogP contribution is 2.34. The van der Waals surface area contributed by atoms with Crippen LogP contribution in [0.3, 0.4) is 0 Å². The number of carbonyl (C=O) groups is 2. The van der Waals surface area contributed by atoms with Crippen LogP contribution in [-0.4, -0.2) is 30.0 Å². The molecule has 1 saturated carbocycles. The van der Waals surface area contributed by atoms with Crippen LogP contribution in [0, 0.1) is 11.7 Å². The van der Waals surface area contributed by atoms with Crippen LogP contribution in [0.4, 0.5) is 20.6 Å². The number of benzene rings is 3. The van der Waals surface area contributed by atoms with Crippen molar-refractivity contribution in [3.05, 3.63) is 89.7 Å². The van der Waals surface area contributed by atoms with Crippen molar-refractivity contribution in [3.8, 4) is 5.75 Å². The lowest BCUT2D eigenvalue weighted by Gasteiger charge is -2.24. The van der Waals surface area contributed by atoms with Crippen LogP contribution in [-0.2, 0) is 17.9 Å². The molecule has 0 bridgehead atoms. The number of halogens is 1. The number of urea groups is 1. The molecule has 3 amide bonds. The quantitative estimate of drug-likeness (QED) is 0.571. The van der Waals surface area contributed by atoms with E-state index in [0.717, 1.165) is 35.4 Å². The number of hydrogen-bond acceptors (Lipinski definition) is 3. The number of nitrogens with one attached hydrogen (secondary N) is 1. The first kappa shape index (κ1) is 21.9. The Morgan fingerprint density at radius 1 is 1.03 bits per heavy atom. The Morgan fingerprint density at radius 3 is 2.62 bits per heavy atom. The molecule has 0 radical (unpaired) electrons. The Morgan fingerprint density at radius 2 is 1.85 bits per heavy atom. The van der Waals surface area contributed by atoms with Gasteiger partial charge in [-0.2, -0.15) is 0 Å². The van der Waals surface area contributed by atoms with Crippen molar-refractivity contribution in [2.24, 2.45) is 5.92 Å². The second-order valence-electron chi connectivity index (χ2n) is 8.69. The highest BCUT2D eigenvalue weighted by atomic mass is 19.1. The molecule has 7 heteroatoms. The lowest BCUT2D eigenvalue weighted by atomic mass is 10.1. The third-order valence-corrected chi connectivity index (χ3v) is 6.07. The maximum atomic E-state index is 13.5. The van der Waals surface area contributed by atoms with Crippen molar-refractivity contribution in [1.82, 2.24) is 4.90 Å². The summed E-state index contributed by atoms with van der Waals surface area (Å²) in [4.78, 5) is 29.3. The molecule has 0 aromatic heterocycles. The van der Waals surface area contributed by atoms with Crippen LogP contribution in [0.2, 0.25) is 0 Å². The van der Waals surface area contributed by atoms with E-state index < -0.39 is 5.82 Å². The van der Waals surface area contributed by atoms with E-state index in [9.17, 15) is 14.0 Å². The average Bonchev–Trinajstić information content (AvgIpc) is 3.69. The summed E-state index contributed by atoms with van der Waals surface area (Å²) in [5, 5.41) is 2.75. The molecule has 0 saturated heterocycles. The fourth-order valence-corrected chi connectivity index (χ4v) is 4.13. The summed E-state index contributed by atoms with van der Waals surface area (Å²) in [5.74, 6) is 0.570. The molecule has 1 heterocycles. The van der Waals surface area contributed by atoms with E-state index in [4.69, 9.17) is 4.74 Å². The van der Waals surface area contributed by atoms with Crippen molar-refractivity contribution in [2.75, 3.05) is 23.4 Å². The van der Waals surface area contributed by atoms with Gasteiger partial charge in [0.25, 0.3) is 0 Å². The summed E-state index contributed by atoms with van der Waals surface area (Å²) in [5.41, 5.74) is 3.12. The fourth-order valence-electron chi connectivity index (χ4n) is 4.13. The van der Waals surface area contributed by atoms with Crippen LogP contribution in [0.15, 0.2) is 72.8 Å². The standard InChI is InChI=1S/C27H26FN3O3/c28-22-5-4-6-23(16-22)29-27(33)30-13-14-34-25-12-9-19(15-21(25)18-30)17-31(26(32)20-10-11-20)24-7-2-1-3-8-24/h1-9,12,15-16,20H,10-11,13-14,17-18H2,(H,29,33). The maximum Gasteiger partial charge on any atom is 0.322 e. The Bertz CT molecular complexity index is 1200. The van der Waals surface area contributed by atoms with Crippen LogP contribution < -0.4 is 15.0 Å². The lowest BCUT2D eigenvalue weighted by molar-refractivity contribution is -0.119. The topological polar surface area (TPSA) is 61.9 Å². The Labute approximate surface area is 197 Å². The van der Waals surface area contributed by atoms with Gasteiger partial charge >= 0.3 is 6.03 Å². The number of anilines is 2. The van der Waals surface area contributed by atoms with Crippen molar-refractivity contribution < 1.29 is 18.7 Å². The Hall–Kier alpha value is -3.87. The zero-order valence-corrected chi connectivity index (χ0v) is 18.7. The van der Waals surface area contributed by atoms with Crippen LogP contribution in [0.25, 0.3) is 0 Å². The molecule has 1 aliphatic heterocycles. The third kappa shape index (κ3) is 5.03. The van der Waals surface area contributed by atoms with E-state index in [-0.39, 0.29) is 17.9 Å². The number of amides is 3.